The molecule has 10 nitrogen and oxygen atoms in total. The summed E-state index contributed by atoms with van der Waals surface area (Å²) >= 11 is 0. The molecular weight excluding hydrogens is 538 g/mol. The molecule has 0 bridgehead atoms. The molecule has 2 aliphatic heterocycles. The van der Waals surface area contributed by atoms with Crippen molar-refractivity contribution in [3.05, 3.63) is 29.8 Å². The lowest BCUT2D eigenvalue weighted by Crippen LogP contribution is -2.49. The fourth-order valence-electron chi connectivity index (χ4n) is 5.65. The van der Waals surface area contributed by atoms with Gasteiger partial charge in [-0.05, 0) is 95.8 Å². The first-order valence-electron chi connectivity index (χ1n) is 15.3. The predicted octanol–water partition coefficient (Wildman–Crippen LogP) is 4.34. The molecule has 0 radical (unpaired) electrons. The van der Waals surface area contributed by atoms with E-state index in [2.05, 4.69) is 5.32 Å². The Bertz CT molecular complexity index is 1060. The van der Waals surface area contributed by atoms with Gasteiger partial charge in [-0.3, -0.25) is 9.59 Å². The smallest absolute Gasteiger partial charge is 0.410 e. The molecule has 2 heterocycles. The molecule has 3 amide bonds. The number of piperidine rings is 2. The van der Waals surface area contributed by atoms with E-state index in [1.54, 1.807) is 16.9 Å². The molecule has 1 aromatic carbocycles. The monoisotopic (exact) mass is 587 g/mol. The zero-order valence-corrected chi connectivity index (χ0v) is 26.0. The summed E-state index contributed by atoms with van der Waals surface area (Å²) in [5.74, 6) is 0.198. The number of benzene rings is 1. The summed E-state index contributed by atoms with van der Waals surface area (Å²) in [4.78, 5) is 54.5. The van der Waals surface area contributed by atoms with E-state index in [9.17, 15) is 19.2 Å². The number of carbonyl (C=O) groups is 4. The van der Waals surface area contributed by atoms with Crippen LogP contribution in [0.15, 0.2) is 24.3 Å². The molecule has 0 saturated carbocycles. The molecule has 0 spiro atoms. The number of likely N-dealkylation sites (tertiary alicyclic amines) is 2. The number of hydrogen-bond donors (Lipinski definition) is 1. The zero-order chi connectivity index (χ0) is 30.7. The number of esters is 1. The van der Waals surface area contributed by atoms with Gasteiger partial charge in [0.1, 0.15) is 17.4 Å². The fraction of sp³-hybridized carbons (Fsp3) is 0.688. The third kappa shape index (κ3) is 10.5. The van der Waals surface area contributed by atoms with Gasteiger partial charge in [0.05, 0.1) is 20.1 Å². The summed E-state index contributed by atoms with van der Waals surface area (Å²) in [5.41, 5.74) is 0.584. The summed E-state index contributed by atoms with van der Waals surface area (Å²) in [5, 5.41) is 2.90. The van der Waals surface area contributed by atoms with E-state index >= 15 is 0 Å². The molecule has 42 heavy (non-hydrogen) atoms. The van der Waals surface area contributed by atoms with Gasteiger partial charge in [-0.25, -0.2) is 9.59 Å². The minimum absolute atomic E-state index is 0.0601. The molecule has 2 saturated heterocycles. The van der Waals surface area contributed by atoms with Crippen LogP contribution in [0.5, 0.6) is 5.75 Å². The number of hydrogen-bond acceptors (Lipinski definition) is 7. The Kier molecular flexibility index (Phi) is 12.5. The van der Waals surface area contributed by atoms with Crippen LogP contribution in [-0.2, 0) is 30.3 Å². The van der Waals surface area contributed by atoms with E-state index in [4.69, 9.17) is 14.2 Å². The maximum Gasteiger partial charge on any atom is 0.410 e. The first-order valence-corrected chi connectivity index (χ1v) is 15.3. The summed E-state index contributed by atoms with van der Waals surface area (Å²) in [6.07, 6.45) is 5.94. The fourth-order valence-corrected chi connectivity index (χ4v) is 5.65. The average Bonchev–Trinajstić information content (AvgIpc) is 2.98. The molecular formula is C32H49N3O7. The van der Waals surface area contributed by atoms with E-state index < -0.39 is 17.6 Å². The van der Waals surface area contributed by atoms with E-state index in [-0.39, 0.29) is 23.8 Å². The molecule has 2 aliphatic rings. The quantitative estimate of drug-likeness (QED) is 0.383. The first-order chi connectivity index (χ1) is 20.0. The Morgan fingerprint density at radius 2 is 1.76 bits per heavy atom. The van der Waals surface area contributed by atoms with Crippen LogP contribution >= 0.6 is 0 Å². The lowest BCUT2D eigenvalue weighted by molar-refractivity contribution is -0.146. The molecule has 234 valence electrons. The van der Waals surface area contributed by atoms with Crippen LogP contribution in [0.1, 0.15) is 77.7 Å². The normalized spacial score (nSPS) is 18.6. The van der Waals surface area contributed by atoms with Crippen LogP contribution in [0.3, 0.4) is 0 Å². The van der Waals surface area contributed by atoms with Crippen molar-refractivity contribution in [2.45, 2.75) is 90.2 Å². The number of rotatable bonds is 11. The van der Waals surface area contributed by atoms with E-state index in [0.29, 0.717) is 57.8 Å². The number of methoxy groups -OCH3 is 2. The van der Waals surface area contributed by atoms with Gasteiger partial charge in [-0.1, -0.05) is 12.1 Å². The topological polar surface area (TPSA) is 114 Å². The van der Waals surface area contributed by atoms with Crippen molar-refractivity contribution in [3.8, 4) is 5.75 Å². The largest absolute Gasteiger partial charge is 0.497 e. The third-order valence-electron chi connectivity index (χ3n) is 8.07. The lowest BCUT2D eigenvalue weighted by Gasteiger charge is -2.35. The number of nitrogens with zero attached hydrogens (tertiary/aromatic N) is 2. The highest BCUT2D eigenvalue weighted by Crippen LogP contribution is 2.25. The van der Waals surface area contributed by atoms with Gasteiger partial charge in [0.15, 0.2) is 0 Å². The summed E-state index contributed by atoms with van der Waals surface area (Å²) < 4.78 is 15.7. The number of ether oxygens (including phenoxy) is 3. The highest BCUT2D eigenvalue weighted by atomic mass is 16.6. The van der Waals surface area contributed by atoms with Gasteiger partial charge in [0.2, 0.25) is 11.8 Å². The van der Waals surface area contributed by atoms with Crippen LogP contribution in [-0.4, -0.2) is 85.7 Å². The summed E-state index contributed by atoms with van der Waals surface area (Å²) in [7, 11) is 2.95. The van der Waals surface area contributed by atoms with Gasteiger partial charge in [0, 0.05) is 32.6 Å². The van der Waals surface area contributed by atoms with Crippen molar-refractivity contribution < 1.29 is 33.4 Å². The maximum atomic E-state index is 13.2. The molecule has 2 fully saturated rings. The van der Waals surface area contributed by atoms with Crippen molar-refractivity contribution in [1.82, 2.24) is 15.1 Å². The second kappa shape index (κ2) is 15.8. The Labute approximate surface area is 250 Å². The molecule has 10 heteroatoms. The van der Waals surface area contributed by atoms with Gasteiger partial charge in [-0.2, -0.15) is 0 Å². The second-order valence-electron chi connectivity index (χ2n) is 12.5. The first kappa shape index (κ1) is 33.2. The van der Waals surface area contributed by atoms with Crippen molar-refractivity contribution in [2.24, 2.45) is 11.8 Å². The van der Waals surface area contributed by atoms with Crippen molar-refractivity contribution in [1.29, 1.82) is 0 Å². The average molecular weight is 588 g/mol. The molecule has 0 unspecified atom stereocenters. The Morgan fingerprint density at radius 1 is 1.02 bits per heavy atom. The van der Waals surface area contributed by atoms with Crippen LogP contribution < -0.4 is 10.1 Å². The molecule has 0 aliphatic carbocycles. The minimum atomic E-state index is -0.731. The summed E-state index contributed by atoms with van der Waals surface area (Å²) in [6, 6.07) is 7.06. The van der Waals surface area contributed by atoms with Crippen molar-refractivity contribution >= 4 is 23.9 Å². The van der Waals surface area contributed by atoms with Crippen molar-refractivity contribution in [2.75, 3.05) is 40.4 Å². The number of nitrogens with one attached hydrogen (secondary N) is 1. The number of amides is 3. The van der Waals surface area contributed by atoms with Crippen LogP contribution in [0.4, 0.5) is 4.79 Å². The molecule has 1 N–H and O–H groups in total. The standard InChI is InChI=1S/C32H49N3O7/c1-32(2,3)42-31(39)34-19-16-23(17-20-34)14-15-28(36)35-18-8-11-25(22-35)29(37)33-27(30(38)41-5)13-7-10-24-9-6-12-26(21-24)40-4/h6,9,12,21,23,25,27H,7-8,10-11,13-20,22H2,1-5H3,(H,33,37)/t25-,27+/m1/s1. The Hall–Kier alpha value is -3.30. The highest BCUT2D eigenvalue weighted by molar-refractivity contribution is 5.86. The zero-order valence-electron chi connectivity index (χ0n) is 26.0. The summed E-state index contributed by atoms with van der Waals surface area (Å²) in [6.45, 7) is 7.86. The van der Waals surface area contributed by atoms with Gasteiger partial charge in [-0.15, -0.1) is 0 Å². The van der Waals surface area contributed by atoms with Gasteiger partial charge >= 0.3 is 12.1 Å². The van der Waals surface area contributed by atoms with Crippen LogP contribution in [0, 0.1) is 11.8 Å². The predicted molar refractivity (Wildman–Crippen MR) is 159 cm³/mol. The van der Waals surface area contributed by atoms with E-state index in [1.165, 1.54) is 7.11 Å². The number of carbonyl (C=O) groups excluding carboxylic acids is 4. The van der Waals surface area contributed by atoms with E-state index in [1.807, 2.05) is 45.0 Å². The van der Waals surface area contributed by atoms with E-state index in [0.717, 1.165) is 43.4 Å². The molecule has 3 rings (SSSR count). The SMILES string of the molecule is COC(=O)[C@H](CCCc1cccc(OC)c1)NC(=O)[C@@H]1CCCN(C(=O)CCC2CCN(C(=O)OC(C)(C)C)CC2)C1. The van der Waals surface area contributed by atoms with Crippen LogP contribution in [0.25, 0.3) is 0 Å². The van der Waals surface area contributed by atoms with Gasteiger partial charge < -0.3 is 29.3 Å². The molecule has 0 aromatic heterocycles. The van der Waals surface area contributed by atoms with Crippen LogP contribution in [0.2, 0.25) is 0 Å². The second-order valence-corrected chi connectivity index (χ2v) is 12.5. The lowest BCUT2D eigenvalue weighted by atomic mass is 9.91. The molecule has 1 aromatic rings. The van der Waals surface area contributed by atoms with Crippen molar-refractivity contribution in [3.63, 3.8) is 0 Å². The number of aryl methyl sites for hydroxylation is 1. The molecule has 2 atom stereocenters. The Balaban J connectivity index is 1.43. The minimum Gasteiger partial charge on any atom is -0.497 e. The van der Waals surface area contributed by atoms with Gasteiger partial charge in [0.25, 0.3) is 0 Å². The highest BCUT2D eigenvalue weighted by Gasteiger charge is 2.32. The third-order valence-corrected chi connectivity index (χ3v) is 8.07. The maximum absolute atomic E-state index is 13.2. The Morgan fingerprint density at radius 3 is 2.43 bits per heavy atom.